The summed E-state index contributed by atoms with van der Waals surface area (Å²) in [4.78, 5) is 2.46. The molecule has 1 unspecified atom stereocenters. The van der Waals surface area contributed by atoms with Crippen LogP contribution in [0.15, 0.2) is 0 Å². The van der Waals surface area contributed by atoms with Crippen molar-refractivity contribution < 1.29 is 9.47 Å². The molecule has 4 heteroatoms. The molecule has 0 spiro atoms. The molecule has 2 aliphatic rings. The van der Waals surface area contributed by atoms with Crippen LogP contribution in [0, 0.1) is 0 Å². The summed E-state index contributed by atoms with van der Waals surface area (Å²) in [5.74, 6) is -0.327. The van der Waals surface area contributed by atoms with Crippen molar-refractivity contribution in [2.45, 2.75) is 31.1 Å². The van der Waals surface area contributed by atoms with Crippen LogP contribution in [0.25, 0.3) is 0 Å². The summed E-state index contributed by atoms with van der Waals surface area (Å²) in [6, 6.07) is 0.672. The molecule has 2 aliphatic heterocycles. The van der Waals surface area contributed by atoms with Gasteiger partial charge >= 0.3 is 0 Å². The van der Waals surface area contributed by atoms with E-state index in [1.54, 1.807) is 14.2 Å². The minimum Gasteiger partial charge on any atom is -0.351 e. The zero-order valence-corrected chi connectivity index (χ0v) is 9.79. The molecule has 2 fully saturated rings. The van der Waals surface area contributed by atoms with Crippen LogP contribution >= 0.6 is 0 Å². The van der Waals surface area contributed by atoms with E-state index in [0.29, 0.717) is 6.04 Å². The summed E-state index contributed by atoms with van der Waals surface area (Å²) in [5, 5.41) is 3.49. The smallest absolute Gasteiger partial charge is 0.193 e. The van der Waals surface area contributed by atoms with Gasteiger partial charge < -0.3 is 14.8 Å². The lowest BCUT2D eigenvalue weighted by molar-refractivity contribution is -0.282. The van der Waals surface area contributed by atoms with Crippen LogP contribution in [-0.4, -0.2) is 57.1 Å². The second-order valence-electron chi connectivity index (χ2n) is 4.58. The van der Waals surface area contributed by atoms with E-state index in [2.05, 4.69) is 10.2 Å². The van der Waals surface area contributed by atoms with E-state index >= 15 is 0 Å². The highest BCUT2D eigenvalue weighted by Crippen LogP contribution is 2.28. The van der Waals surface area contributed by atoms with Crippen LogP contribution < -0.4 is 5.32 Å². The molecule has 0 amide bonds. The third-order valence-electron chi connectivity index (χ3n) is 3.67. The number of hydrogen-bond donors (Lipinski definition) is 1. The van der Waals surface area contributed by atoms with Gasteiger partial charge in [0.15, 0.2) is 5.79 Å². The van der Waals surface area contributed by atoms with Gasteiger partial charge in [0.2, 0.25) is 0 Å². The Morgan fingerprint density at radius 3 is 2.60 bits per heavy atom. The van der Waals surface area contributed by atoms with Crippen LogP contribution in [-0.2, 0) is 9.47 Å². The highest BCUT2D eigenvalue weighted by molar-refractivity contribution is 4.94. The molecule has 0 saturated carbocycles. The van der Waals surface area contributed by atoms with Gasteiger partial charge in [0.05, 0.1) is 13.1 Å². The Hall–Kier alpha value is -0.160. The summed E-state index contributed by atoms with van der Waals surface area (Å²) in [6.07, 6.45) is 3.95. The fraction of sp³-hybridized carbons (Fsp3) is 1.00. The van der Waals surface area contributed by atoms with E-state index < -0.39 is 0 Å². The first kappa shape index (κ1) is 11.3. The number of nitrogens with zero attached hydrogens (tertiary/aromatic N) is 1. The highest BCUT2D eigenvalue weighted by atomic mass is 16.7. The molecule has 88 valence electrons. The third-order valence-corrected chi connectivity index (χ3v) is 3.67. The fourth-order valence-corrected chi connectivity index (χ4v) is 2.48. The normalized spacial score (nSPS) is 32.0. The molecule has 2 rings (SSSR count). The molecule has 1 N–H and O–H groups in total. The maximum Gasteiger partial charge on any atom is 0.193 e. The topological polar surface area (TPSA) is 33.7 Å². The molecule has 2 heterocycles. The average Bonchev–Trinajstić information content (AvgIpc) is 2.47. The average molecular weight is 214 g/mol. The lowest BCUT2D eigenvalue weighted by Crippen LogP contribution is -2.67. The van der Waals surface area contributed by atoms with Gasteiger partial charge in [-0.05, 0) is 19.4 Å². The molecular formula is C11H22N2O2. The number of hydrogen-bond acceptors (Lipinski definition) is 4. The first-order chi connectivity index (χ1) is 7.29. The summed E-state index contributed by atoms with van der Waals surface area (Å²) >= 11 is 0. The van der Waals surface area contributed by atoms with E-state index in [1.807, 2.05) is 0 Å². The maximum absolute atomic E-state index is 5.39. The first-order valence-corrected chi connectivity index (χ1v) is 5.85. The zero-order valence-electron chi connectivity index (χ0n) is 9.79. The lowest BCUT2D eigenvalue weighted by Gasteiger charge is -2.50. The molecule has 0 aromatic carbocycles. The Morgan fingerprint density at radius 2 is 1.93 bits per heavy atom. The number of methoxy groups -OCH3 is 2. The van der Waals surface area contributed by atoms with Crippen LogP contribution in [0.3, 0.4) is 0 Å². The van der Waals surface area contributed by atoms with E-state index in [1.165, 1.54) is 25.8 Å². The van der Waals surface area contributed by atoms with Gasteiger partial charge in [-0.25, -0.2) is 0 Å². The van der Waals surface area contributed by atoms with Gasteiger partial charge in [-0.2, -0.15) is 0 Å². The van der Waals surface area contributed by atoms with Crippen LogP contribution in [0.2, 0.25) is 0 Å². The van der Waals surface area contributed by atoms with Gasteiger partial charge in [-0.3, -0.25) is 4.90 Å². The SMILES string of the molecule is COC1(OC)CN(C2CCCCNC2)C1. The molecule has 4 nitrogen and oxygen atoms in total. The van der Waals surface area contributed by atoms with Crippen molar-refractivity contribution in [3.05, 3.63) is 0 Å². The first-order valence-electron chi connectivity index (χ1n) is 5.85. The van der Waals surface area contributed by atoms with Crippen LogP contribution in [0.5, 0.6) is 0 Å². The quantitative estimate of drug-likeness (QED) is 0.691. The number of rotatable bonds is 3. The van der Waals surface area contributed by atoms with Gasteiger partial charge in [0.25, 0.3) is 0 Å². The molecule has 0 aromatic heterocycles. The minimum atomic E-state index is -0.327. The Bertz CT molecular complexity index is 191. The highest BCUT2D eigenvalue weighted by Gasteiger charge is 2.46. The molecule has 0 aliphatic carbocycles. The number of ether oxygens (including phenoxy) is 2. The Morgan fingerprint density at radius 1 is 1.20 bits per heavy atom. The summed E-state index contributed by atoms with van der Waals surface area (Å²) in [6.45, 7) is 4.10. The van der Waals surface area contributed by atoms with E-state index in [0.717, 1.165) is 19.6 Å². The van der Waals surface area contributed by atoms with Gasteiger partial charge in [-0.1, -0.05) is 6.42 Å². The van der Waals surface area contributed by atoms with Crippen molar-refractivity contribution in [3.8, 4) is 0 Å². The second kappa shape index (κ2) is 4.78. The van der Waals surface area contributed by atoms with E-state index in [-0.39, 0.29) is 5.79 Å². The van der Waals surface area contributed by atoms with E-state index in [4.69, 9.17) is 9.47 Å². The maximum atomic E-state index is 5.39. The van der Waals surface area contributed by atoms with E-state index in [9.17, 15) is 0 Å². The molecular weight excluding hydrogens is 192 g/mol. The van der Waals surface area contributed by atoms with Crippen molar-refractivity contribution >= 4 is 0 Å². The zero-order chi connectivity index (χ0) is 10.7. The monoisotopic (exact) mass is 214 g/mol. The van der Waals surface area contributed by atoms with Crippen molar-refractivity contribution in [2.24, 2.45) is 0 Å². The number of nitrogens with one attached hydrogen (secondary N) is 1. The van der Waals surface area contributed by atoms with Crippen LogP contribution in [0.4, 0.5) is 0 Å². The fourth-order valence-electron chi connectivity index (χ4n) is 2.48. The minimum absolute atomic E-state index is 0.327. The molecule has 0 bridgehead atoms. The Balaban J connectivity index is 1.81. The van der Waals surface area contributed by atoms with Crippen LogP contribution in [0.1, 0.15) is 19.3 Å². The van der Waals surface area contributed by atoms with Gasteiger partial charge in [0.1, 0.15) is 0 Å². The largest absolute Gasteiger partial charge is 0.351 e. The predicted octanol–water partition coefficient (Wildman–Crippen LogP) is 0.433. The number of likely N-dealkylation sites (tertiary alicyclic amines) is 1. The van der Waals surface area contributed by atoms with Crippen molar-refractivity contribution in [1.82, 2.24) is 10.2 Å². The molecule has 1 atom stereocenters. The second-order valence-corrected chi connectivity index (χ2v) is 4.58. The van der Waals surface area contributed by atoms with Gasteiger partial charge in [0, 0.05) is 26.8 Å². The van der Waals surface area contributed by atoms with Crippen molar-refractivity contribution in [1.29, 1.82) is 0 Å². The molecule has 2 saturated heterocycles. The lowest BCUT2D eigenvalue weighted by atomic mass is 10.0. The van der Waals surface area contributed by atoms with Crippen molar-refractivity contribution in [3.63, 3.8) is 0 Å². The Kier molecular flexibility index (Phi) is 3.61. The molecule has 0 aromatic rings. The third kappa shape index (κ3) is 2.33. The molecule has 0 radical (unpaired) electrons. The summed E-state index contributed by atoms with van der Waals surface area (Å²) < 4.78 is 10.8. The van der Waals surface area contributed by atoms with Crippen molar-refractivity contribution in [2.75, 3.05) is 40.4 Å². The summed E-state index contributed by atoms with van der Waals surface area (Å²) in [7, 11) is 3.46. The Labute approximate surface area is 91.9 Å². The predicted molar refractivity (Wildman–Crippen MR) is 58.8 cm³/mol. The van der Waals surface area contributed by atoms with Gasteiger partial charge in [-0.15, -0.1) is 0 Å². The molecule has 15 heavy (non-hydrogen) atoms. The summed E-state index contributed by atoms with van der Waals surface area (Å²) in [5.41, 5.74) is 0. The standard InChI is InChI=1S/C11H22N2O2/c1-14-11(15-2)8-13(9-11)10-5-3-4-6-12-7-10/h10,12H,3-9H2,1-2H3.